The van der Waals surface area contributed by atoms with Gasteiger partial charge in [0.1, 0.15) is 5.75 Å². The van der Waals surface area contributed by atoms with E-state index in [0.29, 0.717) is 6.61 Å². The van der Waals surface area contributed by atoms with Crippen LogP contribution in [0.2, 0.25) is 0 Å². The molecule has 0 aliphatic carbocycles. The lowest BCUT2D eigenvalue weighted by atomic mass is 10.0. The number of nitrogens with zero attached hydrogens (tertiary/aromatic N) is 2. The number of para-hydroxylation sites is 1. The van der Waals surface area contributed by atoms with Gasteiger partial charge in [-0.25, -0.2) is 4.79 Å². The largest absolute Gasteiger partial charge is 0.493 e. The molecule has 2 amide bonds. The molecule has 1 fully saturated rings. The van der Waals surface area contributed by atoms with Crippen LogP contribution in [0.5, 0.6) is 5.75 Å². The van der Waals surface area contributed by atoms with Gasteiger partial charge in [-0.3, -0.25) is 0 Å². The van der Waals surface area contributed by atoms with Crippen LogP contribution >= 0.6 is 0 Å². The van der Waals surface area contributed by atoms with E-state index in [1.165, 1.54) is 25.9 Å². The van der Waals surface area contributed by atoms with Crippen LogP contribution in [0.1, 0.15) is 44.2 Å². The summed E-state index contributed by atoms with van der Waals surface area (Å²) in [6.45, 7) is 7.81. The minimum absolute atomic E-state index is 0.0422. The van der Waals surface area contributed by atoms with Crippen molar-refractivity contribution < 1.29 is 9.53 Å². The predicted molar refractivity (Wildman–Crippen MR) is 95.4 cm³/mol. The highest BCUT2D eigenvalue weighted by molar-refractivity contribution is 5.75. The maximum absolute atomic E-state index is 12.6. The highest BCUT2D eigenvalue weighted by Crippen LogP contribution is 2.31. The van der Waals surface area contributed by atoms with Crippen molar-refractivity contribution in [2.24, 2.45) is 0 Å². The Balaban J connectivity index is 1.51. The minimum Gasteiger partial charge on any atom is -0.493 e. The topological polar surface area (TPSA) is 44.8 Å². The van der Waals surface area contributed by atoms with E-state index in [2.05, 4.69) is 10.2 Å². The Morgan fingerprint density at radius 3 is 2.92 bits per heavy atom. The van der Waals surface area contributed by atoms with Gasteiger partial charge < -0.3 is 19.9 Å². The number of hydrogen-bond acceptors (Lipinski definition) is 3. The molecule has 5 nitrogen and oxygen atoms in total. The number of ether oxygens (including phenoxy) is 1. The van der Waals surface area contributed by atoms with Crippen LogP contribution in [-0.2, 0) is 0 Å². The standard InChI is InChI=1S/C19H29N3O2/c1-2-22(14-7-13-21-11-5-6-12-21)19(23)20-17-10-15-24-18-9-4-3-8-16(17)18/h3-4,8-9,17H,2,5-7,10-15H2,1H3,(H,20,23). The first-order valence-electron chi connectivity index (χ1n) is 9.27. The Labute approximate surface area is 145 Å². The Morgan fingerprint density at radius 1 is 1.33 bits per heavy atom. The Hall–Kier alpha value is -1.75. The lowest BCUT2D eigenvalue weighted by Gasteiger charge is -2.30. The van der Waals surface area contributed by atoms with Gasteiger partial charge in [-0.2, -0.15) is 0 Å². The summed E-state index contributed by atoms with van der Waals surface area (Å²) in [5.41, 5.74) is 1.09. The normalized spacial score (nSPS) is 20.3. The zero-order valence-electron chi connectivity index (χ0n) is 14.7. The Bertz CT molecular complexity index is 543. The molecule has 5 heteroatoms. The minimum atomic E-state index is 0.0422. The van der Waals surface area contributed by atoms with Crippen LogP contribution in [0, 0.1) is 0 Å². The van der Waals surface area contributed by atoms with Crippen molar-refractivity contribution in [3.8, 4) is 5.75 Å². The fourth-order valence-corrected chi connectivity index (χ4v) is 3.63. The molecule has 1 unspecified atom stereocenters. The molecule has 0 saturated carbocycles. The van der Waals surface area contributed by atoms with Gasteiger partial charge in [0.15, 0.2) is 0 Å². The van der Waals surface area contributed by atoms with Crippen LogP contribution < -0.4 is 10.1 Å². The molecule has 2 heterocycles. The maximum atomic E-state index is 12.6. The lowest BCUT2D eigenvalue weighted by Crippen LogP contribution is -2.43. The molecule has 2 aliphatic rings. The molecule has 24 heavy (non-hydrogen) atoms. The number of hydrogen-bond donors (Lipinski definition) is 1. The van der Waals surface area contributed by atoms with Crippen molar-refractivity contribution in [2.75, 3.05) is 39.3 Å². The Morgan fingerprint density at radius 2 is 2.12 bits per heavy atom. The third-order valence-electron chi connectivity index (χ3n) is 5.03. The summed E-state index contributed by atoms with van der Waals surface area (Å²) >= 11 is 0. The van der Waals surface area contributed by atoms with E-state index in [0.717, 1.165) is 43.8 Å². The van der Waals surface area contributed by atoms with E-state index in [-0.39, 0.29) is 12.1 Å². The molecule has 1 N–H and O–H groups in total. The molecule has 1 aromatic rings. The molecule has 1 atom stereocenters. The smallest absolute Gasteiger partial charge is 0.317 e. The van der Waals surface area contributed by atoms with Crippen LogP contribution in [0.3, 0.4) is 0 Å². The first-order valence-corrected chi connectivity index (χ1v) is 9.27. The third-order valence-corrected chi connectivity index (χ3v) is 5.03. The van der Waals surface area contributed by atoms with E-state index < -0.39 is 0 Å². The number of amides is 2. The van der Waals surface area contributed by atoms with Gasteiger partial charge in [-0.15, -0.1) is 0 Å². The molecular formula is C19H29N3O2. The highest BCUT2D eigenvalue weighted by Gasteiger charge is 2.24. The highest BCUT2D eigenvalue weighted by atomic mass is 16.5. The second kappa shape index (κ2) is 8.38. The van der Waals surface area contributed by atoms with Crippen molar-refractivity contribution in [3.63, 3.8) is 0 Å². The summed E-state index contributed by atoms with van der Waals surface area (Å²) in [5.74, 6) is 0.895. The van der Waals surface area contributed by atoms with Crippen molar-refractivity contribution in [1.29, 1.82) is 0 Å². The number of nitrogens with one attached hydrogen (secondary N) is 1. The van der Waals surface area contributed by atoms with E-state index in [4.69, 9.17) is 4.74 Å². The van der Waals surface area contributed by atoms with Gasteiger partial charge in [0, 0.05) is 25.1 Å². The quantitative estimate of drug-likeness (QED) is 0.871. The van der Waals surface area contributed by atoms with Crippen molar-refractivity contribution in [1.82, 2.24) is 15.1 Å². The van der Waals surface area contributed by atoms with Gasteiger partial charge in [-0.1, -0.05) is 18.2 Å². The van der Waals surface area contributed by atoms with Gasteiger partial charge in [0.05, 0.1) is 12.6 Å². The molecule has 2 aliphatic heterocycles. The van der Waals surface area contributed by atoms with Gasteiger partial charge >= 0.3 is 6.03 Å². The summed E-state index contributed by atoms with van der Waals surface area (Å²) in [6, 6.07) is 8.08. The number of carbonyl (C=O) groups is 1. The summed E-state index contributed by atoms with van der Waals surface area (Å²) in [5, 5.41) is 3.20. The second-order valence-electron chi connectivity index (χ2n) is 6.66. The number of carbonyl (C=O) groups excluding carboxylic acids is 1. The Kier molecular flexibility index (Phi) is 5.96. The van der Waals surface area contributed by atoms with E-state index in [9.17, 15) is 4.79 Å². The van der Waals surface area contributed by atoms with E-state index in [1.807, 2.05) is 36.1 Å². The molecule has 0 bridgehead atoms. The number of fused-ring (bicyclic) bond motifs is 1. The van der Waals surface area contributed by atoms with Crippen LogP contribution in [-0.4, -0.2) is 55.2 Å². The van der Waals surface area contributed by atoms with Crippen molar-refractivity contribution in [3.05, 3.63) is 29.8 Å². The molecule has 3 rings (SSSR count). The number of rotatable bonds is 6. The number of urea groups is 1. The van der Waals surface area contributed by atoms with Crippen LogP contribution in [0.4, 0.5) is 4.79 Å². The molecule has 1 saturated heterocycles. The predicted octanol–water partition coefficient (Wildman–Crippen LogP) is 3.03. The lowest BCUT2D eigenvalue weighted by molar-refractivity contribution is 0.185. The monoisotopic (exact) mass is 331 g/mol. The zero-order valence-corrected chi connectivity index (χ0v) is 14.7. The molecular weight excluding hydrogens is 302 g/mol. The zero-order chi connectivity index (χ0) is 16.8. The van der Waals surface area contributed by atoms with Crippen LogP contribution in [0.25, 0.3) is 0 Å². The van der Waals surface area contributed by atoms with Crippen molar-refractivity contribution >= 4 is 6.03 Å². The van der Waals surface area contributed by atoms with Gasteiger partial charge in [0.25, 0.3) is 0 Å². The molecule has 0 aromatic heterocycles. The maximum Gasteiger partial charge on any atom is 0.317 e. The first kappa shape index (κ1) is 17.1. The van der Waals surface area contributed by atoms with E-state index in [1.54, 1.807) is 0 Å². The van der Waals surface area contributed by atoms with Gasteiger partial charge in [0.2, 0.25) is 0 Å². The third kappa shape index (κ3) is 4.20. The van der Waals surface area contributed by atoms with Gasteiger partial charge in [-0.05, 0) is 51.9 Å². The fourth-order valence-electron chi connectivity index (χ4n) is 3.63. The number of benzene rings is 1. The van der Waals surface area contributed by atoms with E-state index >= 15 is 0 Å². The molecule has 1 aromatic carbocycles. The van der Waals surface area contributed by atoms with Crippen LogP contribution in [0.15, 0.2) is 24.3 Å². The fraction of sp³-hybridized carbons (Fsp3) is 0.632. The SMILES string of the molecule is CCN(CCCN1CCCC1)C(=O)NC1CCOc2ccccc21. The molecule has 0 spiro atoms. The summed E-state index contributed by atoms with van der Waals surface area (Å²) < 4.78 is 5.67. The van der Waals surface area contributed by atoms with Crippen molar-refractivity contribution in [2.45, 2.75) is 38.6 Å². The number of likely N-dealkylation sites (tertiary alicyclic amines) is 1. The summed E-state index contributed by atoms with van der Waals surface area (Å²) in [7, 11) is 0. The average molecular weight is 331 g/mol. The average Bonchev–Trinajstić information content (AvgIpc) is 3.12. The molecule has 132 valence electrons. The second-order valence-corrected chi connectivity index (χ2v) is 6.66. The first-order chi connectivity index (χ1) is 11.8. The summed E-state index contributed by atoms with van der Waals surface area (Å²) in [4.78, 5) is 17.1. The summed E-state index contributed by atoms with van der Waals surface area (Å²) in [6.07, 6.45) is 4.52. The molecule has 0 radical (unpaired) electrons.